The summed E-state index contributed by atoms with van der Waals surface area (Å²) >= 11 is 0. The summed E-state index contributed by atoms with van der Waals surface area (Å²) in [4.78, 5) is 12.4. The van der Waals surface area contributed by atoms with Gasteiger partial charge in [-0.1, -0.05) is 18.2 Å². The zero-order valence-corrected chi connectivity index (χ0v) is 11.8. The monoisotopic (exact) mass is 286 g/mol. The normalized spacial score (nSPS) is 10.2. The van der Waals surface area contributed by atoms with Crippen molar-refractivity contribution >= 4 is 11.6 Å². The number of ether oxygens (including phenoxy) is 1. The van der Waals surface area contributed by atoms with Crippen molar-refractivity contribution in [3.63, 3.8) is 0 Å². The lowest BCUT2D eigenvalue weighted by molar-refractivity contribution is 0.102. The van der Waals surface area contributed by atoms with Gasteiger partial charge in [-0.25, -0.2) is 0 Å². The maximum atomic E-state index is 12.4. The molecule has 110 valence electrons. The number of amides is 1. The summed E-state index contributed by atoms with van der Waals surface area (Å²) in [6.45, 7) is 0.467. The number of benzene rings is 2. The van der Waals surface area contributed by atoms with Crippen LogP contribution in [0.3, 0.4) is 0 Å². The number of hydrogen-bond acceptors (Lipinski definition) is 4. The van der Waals surface area contributed by atoms with E-state index in [2.05, 4.69) is 5.32 Å². The number of carbonyl (C=O) groups excluding carboxylic acids is 1. The Bertz CT molecular complexity index is 641. The lowest BCUT2D eigenvalue weighted by atomic mass is 10.0. The molecule has 21 heavy (non-hydrogen) atoms. The molecular formula is C16H18N2O3. The molecule has 5 nitrogen and oxygen atoms in total. The lowest BCUT2D eigenvalue weighted by Crippen LogP contribution is -2.16. The van der Waals surface area contributed by atoms with E-state index in [1.807, 2.05) is 12.1 Å². The van der Waals surface area contributed by atoms with Crippen LogP contribution >= 0.6 is 0 Å². The molecule has 0 aliphatic rings. The van der Waals surface area contributed by atoms with Gasteiger partial charge in [-0.15, -0.1) is 0 Å². The van der Waals surface area contributed by atoms with E-state index in [-0.39, 0.29) is 11.7 Å². The third-order valence-corrected chi connectivity index (χ3v) is 3.13. The van der Waals surface area contributed by atoms with Gasteiger partial charge in [0.05, 0.1) is 12.8 Å². The molecule has 2 aromatic rings. The van der Waals surface area contributed by atoms with E-state index < -0.39 is 0 Å². The molecule has 2 rings (SSSR count). The molecule has 4 N–H and O–H groups in total. The number of phenolic OH excluding ortho intramolecular Hbond substituents is 1. The molecule has 0 heterocycles. The highest BCUT2D eigenvalue weighted by Crippen LogP contribution is 2.28. The zero-order valence-electron chi connectivity index (χ0n) is 11.8. The van der Waals surface area contributed by atoms with Gasteiger partial charge in [-0.2, -0.15) is 0 Å². The zero-order chi connectivity index (χ0) is 15.2. The Morgan fingerprint density at radius 2 is 2.05 bits per heavy atom. The molecule has 0 saturated heterocycles. The maximum Gasteiger partial charge on any atom is 0.256 e. The van der Waals surface area contributed by atoms with Crippen LogP contribution in [0.4, 0.5) is 5.69 Å². The molecule has 1 amide bonds. The fraction of sp³-hybridized carbons (Fsp3) is 0.188. The highest BCUT2D eigenvalue weighted by atomic mass is 16.5. The minimum Gasteiger partial charge on any atom is -0.506 e. The fourth-order valence-corrected chi connectivity index (χ4v) is 2.05. The van der Waals surface area contributed by atoms with Crippen molar-refractivity contribution in [3.05, 3.63) is 53.6 Å². The van der Waals surface area contributed by atoms with Gasteiger partial charge in [0.25, 0.3) is 5.91 Å². The van der Waals surface area contributed by atoms with Gasteiger partial charge in [0.1, 0.15) is 11.5 Å². The predicted octanol–water partition coefficient (Wildman–Crippen LogP) is 2.15. The van der Waals surface area contributed by atoms with Crippen LogP contribution in [0.25, 0.3) is 0 Å². The minimum absolute atomic E-state index is 0.0135. The Kier molecular flexibility index (Phi) is 4.79. The van der Waals surface area contributed by atoms with E-state index in [4.69, 9.17) is 10.5 Å². The van der Waals surface area contributed by atoms with Crippen LogP contribution in [0.1, 0.15) is 15.9 Å². The molecule has 0 atom stereocenters. The van der Waals surface area contributed by atoms with Crippen molar-refractivity contribution in [2.24, 2.45) is 5.73 Å². The number of carbonyl (C=O) groups is 1. The highest BCUT2D eigenvalue weighted by Gasteiger charge is 2.13. The molecule has 0 fully saturated rings. The maximum absolute atomic E-state index is 12.4. The van der Waals surface area contributed by atoms with Crippen molar-refractivity contribution < 1.29 is 14.6 Å². The second kappa shape index (κ2) is 6.76. The molecule has 0 saturated carbocycles. The third kappa shape index (κ3) is 3.52. The summed E-state index contributed by atoms with van der Waals surface area (Å²) in [6.07, 6.45) is 0.619. The molecule has 2 aromatic carbocycles. The van der Waals surface area contributed by atoms with Gasteiger partial charge < -0.3 is 20.9 Å². The molecule has 0 radical (unpaired) electrons. The van der Waals surface area contributed by atoms with E-state index in [0.717, 1.165) is 5.56 Å². The predicted molar refractivity (Wildman–Crippen MR) is 81.8 cm³/mol. The van der Waals surface area contributed by atoms with E-state index in [9.17, 15) is 9.90 Å². The summed E-state index contributed by atoms with van der Waals surface area (Å²) in [6, 6.07) is 11.9. The SMILES string of the molecule is COc1ccc(O)c(NC(=O)c2ccccc2CCN)c1. The van der Waals surface area contributed by atoms with Gasteiger partial charge in [0, 0.05) is 11.6 Å². The second-order valence-corrected chi connectivity index (χ2v) is 4.53. The first kappa shape index (κ1) is 14.9. The number of phenols is 1. The number of nitrogens with one attached hydrogen (secondary N) is 1. The summed E-state index contributed by atoms with van der Waals surface area (Å²) in [7, 11) is 1.52. The Hall–Kier alpha value is -2.53. The molecule has 0 bridgehead atoms. The number of aromatic hydroxyl groups is 1. The van der Waals surface area contributed by atoms with Crippen LogP contribution in [0, 0.1) is 0 Å². The topological polar surface area (TPSA) is 84.6 Å². The first-order valence-electron chi connectivity index (χ1n) is 6.62. The molecule has 0 aromatic heterocycles. The quantitative estimate of drug-likeness (QED) is 0.735. The van der Waals surface area contributed by atoms with Crippen molar-refractivity contribution in [1.29, 1.82) is 0 Å². The first-order chi connectivity index (χ1) is 10.2. The van der Waals surface area contributed by atoms with Crippen LogP contribution in [0.15, 0.2) is 42.5 Å². The van der Waals surface area contributed by atoms with Crippen molar-refractivity contribution in [1.82, 2.24) is 0 Å². The third-order valence-electron chi connectivity index (χ3n) is 3.13. The van der Waals surface area contributed by atoms with Crippen LogP contribution in [-0.2, 0) is 6.42 Å². The van der Waals surface area contributed by atoms with Gasteiger partial charge in [0.15, 0.2) is 0 Å². The number of nitrogens with two attached hydrogens (primary N) is 1. The number of hydrogen-bond donors (Lipinski definition) is 3. The summed E-state index contributed by atoms with van der Waals surface area (Å²) in [5.74, 6) is 0.251. The highest BCUT2D eigenvalue weighted by molar-refractivity contribution is 6.06. The van der Waals surface area contributed by atoms with Crippen LogP contribution in [-0.4, -0.2) is 24.7 Å². The number of methoxy groups -OCH3 is 1. The van der Waals surface area contributed by atoms with Gasteiger partial charge in [-0.05, 0) is 36.7 Å². The Morgan fingerprint density at radius 3 is 2.76 bits per heavy atom. The van der Waals surface area contributed by atoms with Crippen LogP contribution < -0.4 is 15.8 Å². The Labute approximate surface area is 123 Å². The van der Waals surface area contributed by atoms with Crippen molar-refractivity contribution in [2.45, 2.75) is 6.42 Å². The fourth-order valence-electron chi connectivity index (χ4n) is 2.05. The first-order valence-corrected chi connectivity index (χ1v) is 6.62. The second-order valence-electron chi connectivity index (χ2n) is 4.53. The molecular weight excluding hydrogens is 268 g/mol. The molecule has 5 heteroatoms. The van der Waals surface area contributed by atoms with E-state index in [0.29, 0.717) is 30.0 Å². The van der Waals surface area contributed by atoms with Crippen LogP contribution in [0.5, 0.6) is 11.5 Å². The van der Waals surface area contributed by atoms with Crippen molar-refractivity contribution in [2.75, 3.05) is 19.0 Å². The van der Waals surface area contributed by atoms with Gasteiger partial charge in [0.2, 0.25) is 0 Å². The van der Waals surface area contributed by atoms with E-state index in [1.165, 1.54) is 13.2 Å². The summed E-state index contributed by atoms with van der Waals surface area (Å²) in [5, 5.41) is 12.5. The molecule has 0 aliphatic heterocycles. The van der Waals surface area contributed by atoms with Gasteiger partial charge >= 0.3 is 0 Å². The smallest absolute Gasteiger partial charge is 0.256 e. The lowest BCUT2D eigenvalue weighted by Gasteiger charge is -2.11. The summed E-state index contributed by atoms with van der Waals surface area (Å²) < 4.78 is 5.08. The number of rotatable bonds is 5. The van der Waals surface area contributed by atoms with E-state index in [1.54, 1.807) is 24.3 Å². The Balaban J connectivity index is 2.26. The molecule has 0 spiro atoms. The Morgan fingerprint density at radius 1 is 1.29 bits per heavy atom. The number of anilines is 1. The van der Waals surface area contributed by atoms with Gasteiger partial charge in [-0.3, -0.25) is 4.79 Å². The summed E-state index contributed by atoms with van der Waals surface area (Å²) in [5.41, 5.74) is 7.28. The van der Waals surface area contributed by atoms with E-state index >= 15 is 0 Å². The molecule has 0 aliphatic carbocycles. The standard InChI is InChI=1S/C16H18N2O3/c1-21-12-6-7-15(19)14(10-12)18-16(20)13-5-3-2-4-11(13)8-9-17/h2-7,10,19H,8-9,17H2,1H3,(H,18,20). The molecule has 0 unspecified atom stereocenters. The minimum atomic E-state index is -0.289. The van der Waals surface area contributed by atoms with Crippen molar-refractivity contribution in [3.8, 4) is 11.5 Å². The average Bonchev–Trinajstić information content (AvgIpc) is 2.50. The largest absolute Gasteiger partial charge is 0.506 e. The van der Waals surface area contributed by atoms with Crippen LogP contribution in [0.2, 0.25) is 0 Å². The average molecular weight is 286 g/mol.